The number of para-hydroxylation sites is 1. The standard InChI is InChI=1S/C23H26FN3O2/c1-2-17-7-9-18(10-8-17)25-21(28)23(11-12-23)22(29)27-15-13-26(14-16-27)20-6-4-3-5-19(20)24/h3-10H,2,11-16H2,1H3,(H,25,28). The first kappa shape index (κ1) is 19.4. The highest BCUT2D eigenvalue weighted by Crippen LogP contribution is 2.48. The lowest BCUT2D eigenvalue weighted by molar-refractivity contribution is -0.142. The van der Waals surface area contributed by atoms with Crippen LogP contribution in [0.15, 0.2) is 48.5 Å². The van der Waals surface area contributed by atoms with Crippen LogP contribution < -0.4 is 10.2 Å². The first-order valence-electron chi connectivity index (χ1n) is 10.2. The monoisotopic (exact) mass is 395 g/mol. The third kappa shape index (κ3) is 3.84. The van der Waals surface area contributed by atoms with Crippen molar-refractivity contribution in [3.8, 4) is 0 Å². The smallest absolute Gasteiger partial charge is 0.240 e. The van der Waals surface area contributed by atoms with Crippen LogP contribution in [0.1, 0.15) is 25.3 Å². The van der Waals surface area contributed by atoms with Gasteiger partial charge in [-0.25, -0.2) is 4.39 Å². The van der Waals surface area contributed by atoms with Crippen LogP contribution in [0.5, 0.6) is 0 Å². The average Bonchev–Trinajstić information content (AvgIpc) is 3.56. The Morgan fingerprint density at radius 3 is 2.24 bits per heavy atom. The van der Waals surface area contributed by atoms with Crippen molar-refractivity contribution in [2.75, 3.05) is 36.4 Å². The number of aryl methyl sites for hydroxylation is 1. The van der Waals surface area contributed by atoms with Crippen LogP contribution in [-0.4, -0.2) is 42.9 Å². The predicted octanol–water partition coefficient (Wildman–Crippen LogP) is 3.46. The van der Waals surface area contributed by atoms with Crippen molar-refractivity contribution >= 4 is 23.2 Å². The molecule has 6 heteroatoms. The topological polar surface area (TPSA) is 52.7 Å². The number of benzene rings is 2. The van der Waals surface area contributed by atoms with Gasteiger partial charge in [-0.05, 0) is 49.1 Å². The summed E-state index contributed by atoms with van der Waals surface area (Å²) in [7, 11) is 0. The molecule has 1 saturated heterocycles. The van der Waals surface area contributed by atoms with Crippen molar-refractivity contribution in [3.63, 3.8) is 0 Å². The van der Waals surface area contributed by atoms with Gasteiger partial charge in [0.05, 0.1) is 5.69 Å². The van der Waals surface area contributed by atoms with Crippen molar-refractivity contribution in [1.29, 1.82) is 0 Å². The van der Waals surface area contributed by atoms with Crippen LogP contribution in [-0.2, 0) is 16.0 Å². The zero-order chi connectivity index (χ0) is 20.4. The Morgan fingerprint density at radius 1 is 1.00 bits per heavy atom. The van der Waals surface area contributed by atoms with Crippen LogP contribution in [0.3, 0.4) is 0 Å². The highest BCUT2D eigenvalue weighted by atomic mass is 19.1. The summed E-state index contributed by atoms with van der Waals surface area (Å²) < 4.78 is 14.0. The lowest BCUT2D eigenvalue weighted by Crippen LogP contribution is -2.52. The maximum absolute atomic E-state index is 14.0. The van der Waals surface area contributed by atoms with Crippen LogP contribution in [0.4, 0.5) is 15.8 Å². The van der Waals surface area contributed by atoms with Crippen LogP contribution >= 0.6 is 0 Å². The van der Waals surface area contributed by atoms with Crippen molar-refractivity contribution < 1.29 is 14.0 Å². The summed E-state index contributed by atoms with van der Waals surface area (Å²) in [6.07, 6.45) is 2.10. The third-order valence-electron chi connectivity index (χ3n) is 5.97. The minimum absolute atomic E-state index is 0.103. The molecule has 2 aromatic rings. The fourth-order valence-electron chi connectivity index (χ4n) is 3.90. The van der Waals surface area contributed by atoms with E-state index in [9.17, 15) is 14.0 Å². The summed E-state index contributed by atoms with van der Waals surface area (Å²) in [6.45, 7) is 4.18. The van der Waals surface area contributed by atoms with Gasteiger partial charge < -0.3 is 15.1 Å². The van der Waals surface area contributed by atoms with Gasteiger partial charge in [0.25, 0.3) is 0 Å². The highest BCUT2D eigenvalue weighted by Gasteiger charge is 2.58. The highest BCUT2D eigenvalue weighted by molar-refractivity contribution is 6.13. The number of hydrogen-bond donors (Lipinski definition) is 1. The van der Waals surface area contributed by atoms with E-state index in [1.807, 2.05) is 35.2 Å². The number of amides is 2. The van der Waals surface area contributed by atoms with E-state index in [4.69, 9.17) is 0 Å². The molecule has 1 aliphatic heterocycles. The second kappa shape index (κ2) is 7.85. The molecule has 2 aliphatic rings. The SMILES string of the molecule is CCc1ccc(NC(=O)C2(C(=O)N3CCN(c4ccccc4F)CC3)CC2)cc1. The summed E-state index contributed by atoms with van der Waals surface area (Å²) >= 11 is 0. The number of halogens is 1. The molecule has 0 spiro atoms. The number of carbonyl (C=O) groups excluding carboxylic acids is 2. The van der Waals surface area contributed by atoms with Gasteiger partial charge in [0.1, 0.15) is 11.2 Å². The molecule has 0 aromatic heterocycles. The number of nitrogens with one attached hydrogen (secondary N) is 1. The Balaban J connectivity index is 1.37. The van der Waals surface area contributed by atoms with Gasteiger partial charge in [-0.2, -0.15) is 0 Å². The van der Waals surface area contributed by atoms with E-state index in [1.165, 1.54) is 11.6 Å². The molecular formula is C23H26FN3O2. The van der Waals surface area contributed by atoms with Crippen LogP contribution in [0, 0.1) is 11.2 Å². The quantitative estimate of drug-likeness (QED) is 0.789. The van der Waals surface area contributed by atoms with E-state index < -0.39 is 5.41 Å². The molecule has 0 unspecified atom stereocenters. The Morgan fingerprint density at radius 2 is 1.66 bits per heavy atom. The van der Waals surface area contributed by atoms with Gasteiger partial charge in [-0.1, -0.05) is 31.2 Å². The van der Waals surface area contributed by atoms with Gasteiger partial charge in [-0.15, -0.1) is 0 Å². The fraction of sp³-hybridized carbons (Fsp3) is 0.391. The molecule has 1 aliphatic carbocycles. The molecule has 0 atom stereocenters. The van der Waals surface area contributed by atoms with E-state index in [0.717, 1.165) is 12.1 Å². The number of nitrogens with zero attached hydrogens (tertiary/aromatic N) is 2. The number of carbonyl (C=O) groups is 2. The molecule has 1 heterocycles. The van der Waals surface area contributed by atoms with E-state index in [-0.39, 0.29) is 17.6 Å². The molecular weight excluding hydrogens is 369 g/mol. The molecule has 1 saturated carbocycles. The van der Waals surface area contributed by atoms with Crippen molar-refractivity contribution in [2.45, 2.75) is 26.2 Å². The molecule has 5 nitrogen and oxygen atoms in total. The second-order valence-electron chi connectivity index (χ2n) is 7.82. The van der Waals surface area contributed by atoms with Gasteiger partial charge in [0.15, 0.2) is 0 Å². The molecule has 0 bridgehead atoms. The molecule has 1 N–H and O–H groups in total. The maximum atomic E-state index is 14.0. The van der Waals surface area contributed by atoms with Gasteiger partial charge in [-0.3, -0.25) is 9.59 Å². The minimum Gasteiger partial charge on any atom is -0.366 e. The molecule has 29 heavy (non-hydrogen) atoms. The lowest BCUT2D eigenvalue weighted by atomic mass is 10.0. The molecule has 2 fully saturated rings. The largest absolute Gasteiger partial charge is 0.366 e. The van der Waals surface area contributed by atoms with E-state index in [1.54, 1.807) is 17.0 Å². The molecule has 2 aromatic carbocycles. The maximum Gasteiger partial charge on any atom is 0.240 e. The van der Waals surface area contributed by atoms with Crippen LogP contribution in [0.25, 0.3) is 0 Å². The van der Waals surface area contributed by atoms with Crippen molar-refractivity contribution in [2.24, 2.45) is 5.41 Å². The summed E-state index contributed by atoms with van der Waals surface area (Å²) in [5, 5.41) is 2.91. The number of anilines is 2. The second-order valence-corrected chi connectivity index (χ2v) is 7.82. The first-order valence-corrected chi connectivity index (χ1v) is 10.2. The number of piperazine rings is 1. The van der Waals surface area contributed by atoms with E-state index >= 15 is 0 Å². The number of rotatable bonds is 5. The zero-order valence-corrected chi connectivity index (χ0v) is 16.7. The normalized spacial score (nSPS) is 17.7. The Hall–Kier alpha value is -2.89. The Labute approximate surface area is 170 Å². The lowest BCUT2D eigenvalue weighted by Gasteiger charge is -2.37. The minimum atomic E-state index is -0.941. The number of hydrogen-bond acceptors (Lipinski definition) is 3. The van der Waals surface area contributed by atoms with Crippen molar-refractivity contribution in [3.05, 3.63) is 59.9 Å². The summed E-state index contributed by atoms with van der Waals surface area (Å²) in [4.78, 5) is 29.7. The predicted molar refractivity (Wildman–Crippen MR) is 111 cm³/mol. The third-order valence-corrected chi connectivity index (χ3v) is 5.97. The summed E-state index contributed by atoms with van der Waals surface area (Å²) in [5.74, 6) is -0.573. The van der Waals surface area contributed by atoms with Crippen LogP contribution in [0.2, 0.25) is 0 Å². The Kier molecular flexibility index (Phi) is 5.26. The zero-order valence-electron chi connectivity index (χ0n) is 16.7. The Bertz CT molecular complexity index is 901. The molecule has 4 rings (SSSR count). The first-order chi connectivity index (χ1) is 14.0. The molecule has 2 amide bonds. The van der Waals surface area contributed by atoms with E-state index in [0.29, 0.717) is 44.7 Å². The van der Waals surface area contributed by atoms with Crippen molar-refractivity contribution in [1.82, 2.24) is 4.90 Å². The fourth-order valence-corrected chi connectivity index (χ4v) is 3.90. The average molecular weight is 395 g/mol. The van der Waals surface area contributed by atoms with E-state index in [2.05, 4.69) is 12.2 Å². The molecule has 0 radical (unpaired) electrons. The summed E-state index contributed by atoms with van der Waals surface area (Å²) in [6, 6.07) is 14.4. The van der Waals surface area contributed by atoms with Gasteiger partial charge in [0, 0.05) is 31.9 Å². The molecule has 152 valence electrons. The van der Waals surface area contributed by atoms with Gasteiger partial charge in [0.2, 0.25) is 11.8 Å². The summed E-state index contributed by atoms with van der Waals surface area (Å²) in [5.41, 5.74) is 1.54. The van der Waals surface area contributed by atoms with Gasteiger partial charge >= 0.3 is 0 Å².